The number of likely N-dealkylation sites (tertiary alicyclic amines) is 1. The molecule has 6 nitrogen and oxygen atoms in total. The number of aliphatic hydroxyl groups excluding tert-OH is 1. The lowest BCUT2D eigenvalue weighted by molar-refractivity contribution is 0.178. The van der Waals surface area contributed by atoms with Crippen LogP contribution in [0.3, 0.4) is 0 Å². The predicted octanol–water partition coefficient (Wildman–Crippen LogP) is 2.70. The molecule has 0 bridgehead atoms. The largest absolute Gasteiger partial charge is 0.491 e. The molecule has 164 valence electrons. The van der Waals surface area contributed by atoms with Crippen LogP contribution in [-0.4, -0.2) is 51.3 Å². The van der Waals surface area contributed by atoms with Crippen molar-refractivity contribution in [2.75, 3.05) is 32.8 Å². The molecule has 0 saturated carbocycles. The Kier molecular flexibility index (Phi) is 7.82. The van der Waals surface area contributed by atoms with Crippen LogP contribution in [0.25, 0.3) is 0 Å². The van der Waals surface area contributed by atoms with Crippen molar-refractivity contribution in [3.05, 3.63) is 59.4 Å². The van der Waals surface area contributed by atoms with Crippen molar-refractivity contribution in [1.82, 2.24) is 9.62 Å². The Labute approximate surface area is 177 Å². The van der Waals surface area contributed by atoms with E-state index in [9.17, 15) is 12.8 Å². The van der Waals surface area contributed by atoms with Crippen molar-refractivity contribution < 1.29 is 22.7 Å². The van der Waals surface area contributed by atoms with Gasteiger partial charge in [0.2, 0.25) is 10.0 Å². The zero-order valence-electron chi connectivity index (χ0n) is 17.2. The van der Waals surface area contributed by atoms with Crippen LogP contribution in [0.4, 0.5) is 4.39 Å². The molecule has 1 saturated heterocycles. The monoisotopic (exact) mass is 436 g/mol. The van der Waals surface area contributed by atoms with Gasteiger partial charge in [0.25, 0.3) is 0 Å². The Morgan fingerprint density at radius 1 is 1.20 bits per heavy atom. The van der Waals surface area contributed by atoms with Gasteiger partial charge >= 0.3 is 0 Å². The van der Waals surface area contributed by atoms with Crippen LogP contribution in [0.1, 0.15) is 24.0 Å². The number of sulfonamides is 1. The van der Waals surface area contributed by atoms with E-state index >= 15 is 0 Å². The summed E-state index contributed by atoms with van der Waals surface area (Å²) in [7, 11) is -3.72. The first-order valence-corrected chi connectivity index (χ1v) is 11.7. The van der Waals surface area contributed by atoms with Gasteiger partial charge in [0, 0.05) is 13.1 Å². The number of rotatable bonds is 9. The van der Waals surface area contributed by atoms with E-state index in [4.69, 9.17) is 9.84 Å². The average molecular weight is 437 g/mol. The highest BCUT2D eigenvalue weighted by atomic mass is 32.2. The molecule has 1 fully saturated rings. The number of piperidine rings is 1. The molecule has 2 N–H and O–H groups in total. The number of nitrogens with one attached hydrogen (secondary N) is 1. The number of aliphatic hydroxyl groups is 1. The topological polar surface area (TPSA) is 78.9 Å². The first-order valence-electron chi connectivity index (χ1n) is 10.2. The number of hydrogen-bond donors (Lipinski definition) is 2. The van der Waals surface area contributed by atoms with Crippen LogP contribution in [0.2, 0.25) is 0 Å². The van der Waals surface area contributed by atoms with Gasteiger partial charge in [-0.25, -0.2) is 17.5 Å². The van der Waals surface area contributed by atoms with Crippen molar-refractivity contribution in [2.45, 2.75) is 31.2 Å². The Balaban J connectivity index is 1.48. The van der Waals surface area contributed by atoms with Gasteiger partial charge < -0.3 is 9.84 Å². The molecular weight excluding hydrogens is 407 g/mol. The van der Waals surface area contributed by atoms with E-state index in [-0.39, 0.29) is 24.0 Å². The van der Waals surface area contributed by atoms with E-state index in [2.05, 4.69) is 9.62 Å². The Bertz CT molecular complexity index is 944. The molecular formula is C22H29FN2O4S. The molecule has 0 amide bonds. The summed E-state index contributed by atoms with van der Waals surface area (Å²) in [6, 6.07) is 11.7. The average Bonchev–Trinajstić information content (AvgIpc) is 2.74. The summed E-state index contributed by atoms with van der Waals surface area (Å²) < 4.78 is 46.7. The Hall–Kier alpha value is -2.00. The van der Waals surface area contributed by atoms with Gasteiger partial charge in [0.05, 0.1) is 11.5 Å². The predicted molar refractivity (Wildman–Crippen MR) is 113 cm³/mol. The standard InChI is InChI=1S/C22H29FN2O4S/c1-17-5-6-20(23)14-22(17)30(27,28)24-15-18-7-9-25(10-8-18)16-19-3-2-4-21(13-19)29-12-11-26/h2-6,13-14,18,24,26H,7-12,15-16H2,1H3. The minimum atomic E-state index is -3.72. The maximum atomic E-state index is 13.5. The molecule has 0 aromatic heterocycles. The van der Waals surface area contributed by atoms with Crippen LogP contribution >= 0.6 is 0 Å². The van der Waals surface area contributed by atoms with E-state index in [1.165, 1.54) is 12.1 Å². The van der Waals surface area contributed by atoms with Crippen molar-refractivity contribution in [3.8, 4) is 5.75 Å². The second-order valence-corrected chi connectivity index (χ2v) is 9.44. The summed E-state index contributed by atoms with van der Waals surface area (Å²) in [5.74, 6) is 0.447. The van der Waals surface area contributed by atoms with Crippen molar-refractivity contribution in [3.63, 3.8) is 0 Å². The second-order valence-electron chi connectivity index (χ2n) is 7.70. The molecule has 2 aromatic carbocycles. The lowest BCUT2D eigenvalue weighted by Crippen LogP contribution is -2.38. The molecule has 8 heteroatoms. The van der Waals surface area contributed by atoms with Gasteiger partial charge in [0.15, 0.2) is 0 Å². The van der Waals surface area contributed by atoms with Gasteiger partial charge in [-0.3, -0.25) is 4.90 Å². The fraction of sp³-hybridized carbons (Fsp3) is 0.455. The van der Waals surface area contributed by atoms with Crippen LogP contribution in [0, 0.1) is 18.7 Å². The molecule has 0 aliphatic carbocycles. The van der Waals surface area contributed by atoms with Crippen LogP contribution < -0.4 is 9.46 Å². The van der Waals surface area contributed by atoms with E-state index in [0.717, 1.165) is 49.9 Å². The highest BCUT2D eigenvalue weighted by molar-refractivity contribution is 7.89. The molecule has 0 unspecified atom stereocenters. The normalized spacial score (nSPS) is 16.0. The lowest BCUT2D eigenvalue weighted by atomic mass is 9.97. The molecule has 2 aromatic rings. The summed E-state index contributed by atoms with van der Waals surface area (Å²) in [6.45, 7) is 4.85. The quantitative estimate of drug-likeness (QED) is 0.632. The maximum Gasteiger partial charge on any atom is 0.240 e. The zero-order valence-corrected chi connectivity index (χ0v) is 18.0. The Morgan fingerprint density at radius 2 is 1.97 bits per heavy atom. The van der Waals surface area contributed by atoms with Gasteiger partial charge in [-0.1, -0.05) is 18.2 Å². The van der Waals surface area contributed by atoms with Crippen LogP contribution in [0.5, 0.6) is 5.75 Å². The summed E-state index contributed by atoms with van der Waals surface area (Å²) in [5, 5.41) is 8.87. The minimum Gasteiger partial charge on any atom is -0.491 e. The van der Waals surface area contributed by atoms with Gasteiger partial charge in [-0.05, 0) is 74.2 Å². The first-order chi connectivity index (χ1) is 14.4. The van der Waals surface area contributed by atoms with E-state index < -0.39 is 15.8 Å². The van der Waals surface area contributed by atoms with Gasteiger partial charge in [-0.15, -0.1) is 0 Å². The molecule has 1 heterocycles. The second kappa shape index (κ2) is 10.3. The maximum absolute atomic E-state index is 13.5. The van der Waals surface area contributed by atoms with Crippen molar-refractivity contribution in [1.29, 1.82) is 0 Å². The third-order valence-corrected chi connectivity index (χ3v) is 6.94. The smallest absolute Gasteiger partial charge is 0.240 e. The number of nitrogens with zero attached hydrogens (tertiary/aromatic N) is 1. The first kappa shape index (κ1) is 22.7. The molecule has 1 aliphatic rings. The minimum absolute atomic E-state index is 0.00300. The van der Waals surface area contributed by atoms with E-state index in [1.807, 2.05) is 24.3 Å². The third kappa shape index (κ3) is 6.25. The number of halogens is 1. The SMILES string of the molecule is Cc1ccc(F)cc1S(=O)(=O)NCC1CCN(Cc2cccc(OCCO)c2)CC1. The van der Waals surface area contributed by atoms with Gasteiger partial charge in [0.1, 0.15) is 18.2 Å². The third-order valence-electron chi connectivity index (χ3n) is 5.37. The number of benzene rings is 2. The fourth-order valence-electron chi connectivity index (χ4n) is 3.67. The zero-order chi connectivity index (χ0) is 21.6. The number of ether oxygens (including phenoxy) is 1. The molecule has 1 aliphatic heterocycles. The highest BCUT2D eigenvalue weighted by Crippen LogP contribution is 2.22. The molecule has 0 radical (unpaired) electrons. The fourth-order valence-corrected chi connectivity index (χ4v) is 5.04. The summed E-state index contributed by atoms with van der Waals surface area (Å²) in [6.07, 6.45) is 1.79. The van der Waals surface area contributed by atoms with Crippen molar-refractivity contribution >= 4 is 10.0 Å². The summed E-state index contributed by atoms with van der Waals surface area (Å²) in [4.78, 5) is 2.34. The number of aryl methyl sites for hydroxylation is 1. The lowest BCUT2D eigenvalue weighted by Gasteiger charge is -2.32. The molecule has 0 spiro atoms. The molecule has 30 heavy (non-hydrogen) atoms. The highest BCUT2D eigenvalue weighted by Gasteiger charge is 2.23. The van der Waals surface area contributed by atoms with Gasteiger partial charge in [-0.2, -0.15) is 0 Å². The van der Waals surface area contributed by atoms with Crippen LogP contribution in [0.15, 0.2) is 47.4 Å². The van der Waals surface area contributed by atoms with Crippen LogP contribution in [-0.2, 0) is 16.6 Å². The molecule has 3 rings (SSSR count). The number of hydrogen-bond acceptors (Lipinski definition) is 5. The van der Waals surface area contributed by atoms with E-state index in [0.29, 0.717) is 12.1 Å². The van der Waals surface area contributed by atoms with E-state index in [1.54, 1.807) is 6.92 Å². The molecule has 0 atom stereocenters. The Morgan fingerprint density at radius 3 is 2.70 bits per heavy atom. The van der Waals surface area contributed by atoms with Crippen molar-refractivity contribution in [2.24, 2.45) is 5.92 Å². The summed E-state index contributed by atoms with van der Waals surface area (Å²) in [5.41, 5.74) is 1.68. The summed E-state index contributed by atoms with van der Waals surface area (Å²) >= 11 is 0.